The van der Waals surface area contributed by atoms with E-state index in [0.717, 1.165) is 18.2 Å². The van der Waals surface area contributed by atoms with Gasteiger partial charge in [0, 0.05) is 36.7 Å². The number of nitrogens with zero attached hydrogens (tertiary/aromatic N) is 2. The molecule has 2 aromatic carbocycles. The van der Waals surface area contributed by atoms with Gasteiger partial charge in [0.05, 0.1) is 25.0 Å². The fraction of sp³-hybridized carbons (Fsp3) is 0.462. The molecule has 0 spiro atoms. The monoisotopic (exact) mass is 524 g/mol. The first-order chi connectivity index (χ1) is 17.3. The number of likely N-dealkylation sites (tertiary alicyclic amines) is 1. The average molecular weight is 525 g/mol. The zero-order valence-electron chi connectivity index (χ0n) is 20.9. The number of hydrogen-bond donors (Lipinski definition) is 0. The third kappa shape index (κ3) is 5.60. The highest BCUT2D eigenvalue weighted by atomic mass is 19.4. The molecule has 2 aliphatic heterocycles. The van der Waals surface area contributed by atoms with Crippen LogP contribution in [0.4, 0.5) is 32.8 Å². The summed E-state index contributed by atoms with van der Waals surface area (Å²) in [4.78, 5) is 28.2. The molecule has 200 valence electrons. The fourth-order valence-electron chi connectivity index (χ4n) is 4.66. The summed E-state index contributed by atoms with van der Waals surface area (Å²) in [5.41, 5.74) is -1.56. The lowest BCUT2D eigenvalue weighted by Crippen LogP contribution is -2.59. The van der Waals surface area contributed by atoms with Crippen LogP contribution in [0.25, 0.3) is 11.1 Å². The Morgan fingerprint density at radius 3 is 2.51 bits per heavy atom. The number of ether oxygens (including phenoxy) is 3. The summed E-state index contributed by atoms with van der Waals surface area (Å²) in [6.07, 6.45) is -5.36. The Morgan fingerprint density at radius 2 is 1.86 bits per heavy atom. The van der Waals surface area contributed by atoms with Crippen molar-refractivity contribution in [1.29, 1.82) is 0 Å². The van der Waals surface area contributed by atoms with E-state index in [9.17, 15) is 22.8 Å². The van der Waals surface area contributed by atoms with Crippen molar-refractivity contribution in [3.63, 3.8) is 0 Å². The van der Waals surface area contributed by atoms with Crippen molar-refractivity contribution in [2.75, 3.05) is 31.7 Å². The van der Waals surface area contributed by atoms with E-state index in [2.05, 4.69) is 0 Å². The van der Waals surface area contributed by atoms with E-state index in [-0.39, 0.29) is 41.6 Å². The van der Waals surface area contributed by atoms with Crippen molar-refractivity contribution in [3.05, 3.63) is 47.8 Å². The van der Waals surface area contributed by atoms with Gasteiger partial charge in [-0.25, -0.2) is 14.0 Å². The second-order valence-corrected chi connectivity index (χ2v) is 10.1. The van der Waals surface area contributed by atoms with Crippen LogP contribution in [0.3, 0.4) is 0 Å². The molecular weight excluding hydrogens is 496 g/mol. The predicted octanol–water partition coefficient (Wildman–Crippen LogP) is 6.10. The van der Waals surface area contributed by atoms with Gasteiger partial charge < -0.3 is 19.1 Å². The highest BCUT2D eigenvalue weighted by molar-refractivity contribution is 5.92. The summed E-state index contributed by atoms with van der Waals surface area (Å²) >= 11 is 0. The molecule has 7 nitrogen and oxygen atoms in total. The van der Waals surface area contributed by atoms with Gasteiger partial charge in [-0.1, -0.05) is 12.1 Å². The number of amides is 2. The Kier molecular flexibility index (Phi) is 7.00. The largest absolute Gasteiger partial charge is 0.495 e. The number of hydrogen-bond acceptors (Lipinski definition) is 5. The van der Waals surface area contributed by atoms with E-state index < -0.39 is 41.4 Å². The van der Waals surface area contributed by atoms with E-state index in [1.54, 1.807) is 25.7 Å². The summed E-state index contributed by atoms with van der Waals surface area (Å²) < 4.78 is 71.1. The van der Waals surface area contributed by atoms with Crippen molar-refractivity contribution in [2.24, 2.45) is 5.92 Å². The third-order valence-electron chi connectivity index (χ3n) is 6.32. The maximum Gasteiger partial charge on any atom is 0.416 e. The molecular formula is C26H28F4N2O5. The van der Waals surface area contributed by atoms with Gasteiger partial charge in [0.1, 0.15) is 17.2 Å². The number of halogens is 4. The van der Waals surface area contributed by atoms with Crippen molar-refractivity contribution >= 4 is 17.9 Å². The molecule has 2 aromatic rings. The SMILES string of the molecule is COc1cc(-c2cccc(C(F)(F)F)c2)c(F)cc1N1C(=O)OCC2CN(C(=O)OC(C)(C)C)CCC21. The molecule has 4 rings (SSSR count). The van der Waals surface area contributed by atoms with Crippen LogP contribution < -0.4 is 9.64 Å². The summed E-state index contributed by atoms with van der Waals surface area (Å²) in [6.45, 7) is 5.97. The van der Waals surface area contributed by atoms with Crippen LogP contribution in [0.15, 0.2) is 36.4 Å². The van der Waals surface area contributed by atoms with Crippen LogP contribution in [-0.2, 0) is 15.7 Å². The third-order valence-corrected chi connectivity index (χ3v) is 6.32. The van der Waals surface area contributed by atoms with Gasteiger partial charge in [-0.05, 0) is 51.0 Å². The number of fused-ring (bicyclic) bond motifs is 1. The van der Waals surface area contributed by atoms with E-state index in [4.69, 9.17) is 14.2 Å². The number of carbonyl (C=O) groups is 2. The molecule has 0 aliphatic carbocycles. The lowest BCUT2D eigenvalue weighted by atomic mass is 9.90. The van der Waals surface area contributed by atoms with Crippen LogP contribution in [0.5, 0.6) is 5.75 Å². The van der Waals surface area contributed by atoms with Gasteiger partial charge in [-0.3, -0.25) is 4.90 Å². The van der Waals surface area contributed by atoms with E-state index in [1.165, 1.54) is 30.2 Å². The second kappa shape index (κ2) is 9.75. The number of methoxy groups -OCH3 is 1. The number of cyclic esters (lactones) is 1. The van der Waals surface area contributed by atoms with Crippen molar-refractivity contribution < 1.29 is 41.4 Å². The molecule has 11 heteroatoms. The maximum absolute atomic E-state index is 15.3. The first kappa shape index (κ1) is 26.6. The molecule has 0 bridgehead atoms. The van der Waals surface area contributed by atoms with Crippen LogP contribution in [0, 0.1) is 11.7 Å². The Bertz CT molecular complexity index is 1190. The number of carbonyl (C=O) groups excluding carboxylic acids is 2. The molecule has 0 N–H and O–H groups in total. The second-order valence-electron chi connectivity index (χ2n) is 10.1. The minimum absolute atomic E-state index is 0.0157. The highest BCUT2D eigenvalue weighted by Gasteiger charge is 2.44. The van der Waals surface area contributed by atoms with Crippen molar-refractivity contribution in [3.8, 4) is 16.9 Å². The Balaban J connectivity index is 1.64. The highest BCUT2D eigenvalue weighted by Crippen LogP contribution is 2.41. The Hall–Kier alpha value is -3.50. The summed E-state index contributed by atoms with van der Waals surface area (Å²) in [6, 6.07) is 6.25. The smallest absolute Gasteiger partial charge is 0.416 e. The number of piperidine rings is 1. The van der Waals surface area contributed by atoms with Crippen molar-refractivity contribution in [1.82, 2.24) is 4.90 Å². The van der Waals surface area contributed by atoms with Gasteiger partial charge in [0.2, 0.25) is 0 Å². The fourth-order valence-corrected chi connectivity index (χ4v) is 4.66. The van der Waals surface area contributed by atoms with Crippen LogP contribution >= 0.6 is 0 Å². The quantitative estimate of drug-likeness (QED) is 0.454. The molecule has 0 radical (unpaired) electrons. The molecule has 2 fully saturated rings. The van der Waals surface area contributed by atoms with Crippen LogP contribution in [0.1, 0.15) is 32.8 Å². The number of rotatable bonds is 3. The lowest BCUT2D eigenvalue weighted by Gasteiger charge is -2.46. The van der Waals surface area contributed by atoms with E-state index in [0.29, 0.717) is 13.0 Å². The minimum atomic E-state index is -4.59. The Morgan fingerprint density at radius 1 is 1.14 bits per heavy atom. The number of alkyl halides is 3. The zero-order chi connectivity index (χ0) is 27.1. The standard InChI is InChI=1S/C26H28F4N2O5/c1-25(2,3)37-23(33)31-9-8-20-16(13-31)14-36-24(34)32(20)21-12-19(27)18(11-22(21)35-4)15-6-5-7-17(10-15)26(28,29)30/h5-7,10-12,16,20H,8-9,13-14H2,1-4H3. The molecule has 0 aromatic heterocycles. The van der Waals surface area contributed by atoms with Crippen molar-refractivity contribution in [2.45, 2.75) is 45.0 Å². The van der Waals surface area contributed by atoms with Crippen LogP contribution in [0.2, 0.25) is 0 Å². The molecule has 0 saturated carbocycles. The molecule has 2 aliphatic rings. The van der Waals surface area contributed by atoms with Gasteiger partial charge >= 0.3 is 18.4 Å². The molecule has 37 heavy (non-hydrogen) atoms. The molecule has 2 unspecified atom stereocenters. The van der Waals surface area contributed by atoms with E-state index in [1.807, 2.05) is 0 Å². The molecule has 2 atom stereocenters. The average Bonchev–Trinajstić information content (AvgIpc) is 2.82. The van der Waals surface area contributed by atoms with Gasteiger partial charge in [0.25, 0.3) is 0 Å². The number of benzene rings is 2. The maximum atomic E-state index is 15.3. The zero-order valence-corrected chi connectivity index (χ0v) is 20.9. The first-order valence-corrected chi connectivity index (χ1v) is 11.8. The Labute approximate surface area is 211 Å². The van der Waals surface area contributed by atoms with Crippen LogP contribution in [-0.4, -0.2) is 55.5 Å². The summed E-state index contributed by atoms with van der Waals surface area (Å²) in [7, 11) is 1.32. The normalized spacial score (nSPS) is 20.3. The molecule has 2 saturated heterocycles. The van der Waals surface area contributed by atoms with Gasteiger partial charge in [0.15, 0.2) is 0 Å². The predicted molar refractivity (Wildman–Crippen MR) is 127 cm³/mol. The molecule has 2 amide bonds. The number of anilines is 1. The topological polar surface area (TPSA) is 68.3 Å². The van der Waals surface area contributed by atoms with E-state index >= 15 is 4.39 Å². The molecule has 2 heterocycles. The lowest BCUT2D eigenvalue weighted by molar-refractivity contribution is -0.137. The first-order valence-electron chi connectivity index (χ1n) is 11.8. The summed E-state index contributed by atoms with van der Waals surface area (Å²) in [5, 5.41) is 0. The minimum Gasteiger partial charge on any atom is -0.495 e. The summed E-state index contributed by atoms with van der Waals surface area (Å²) in [5.74, 6) is -0.993. The van der Waals surface area contributed by atoms with Gasteiger partial charge in [-0.2, -0.15) is 13.2 Å². The van der Waals surface area contributed by atoms with Gasteiger partial charge in [-0.15, -0.1) is 0 Å².